The molecular weight excluding hydrogens is 621 g/mol. The summed E-state index contributed by atoms with van der Waals surface area (Å²) < 4.78 is 11.6. The first-order valence-electron chi connectivity index (χ1n) is 17.5. The van der Waals surface area contributed by atoms with E-state index in [2.05, 4.69) is 65.1 Å². The number of esters is 2. The molecule has 0 aliphatic heterocycles. The largest absolute Gasteiger partial charge is 0.454 e. The normalized spacial score (nSPS) is 37.3. The Balaban J connectivity index is 1.67. The molecule has 4 aliphatic carbocycles. The molecule has 5 rings (SSSR count). The molecule has 9 atom stereocenters. The van der Waals surface area contributed by atoms with E-state index in [-0.39, 0.29) is 32.8 Å². The number of benzene rings is 1. The van der Waals surface area contributed by atoms with Crippen LogP contribution in [0.2, 0.25) is 0 Å². The lowest BCUT2D eigenvalue weighted by Gasteiger charge is -2.65. The van der Waals surface area contributed by atoms with E-state index in [0.717, 1.165) is 60.3 Å². The summed E-state index contributed by atoms with van der Waals surface area (Å²) in [6.07, 6.45) is 10.9. The number of amides is 1. The fourth-order valence-electron chi connectivity index (χ4n) is 9.52. The Morgan fingerprint density at radius 1 is 0.938 bits per heavy atom. The molecular formula is C40H52N2O5S. The maximum atomic E-state index is 12.3. The van der Waals surface area contributed by atoms with Crippen LogP contribution in [-0.2, 0) is 23.9 Å². The standard InChI is InChI=1S/C40H52N2O5S/c1-10-39(8)36-21-35(48-29-13-11-28(12-14-29)42-25(3)43)30-19-33(46-26(4)44)34(47-27(5)45)20-31(30)38(36,7)17-18-40(39,9)32-22-37(6,23-41)16-15-24(32)2/h11-14,19-21,24,32-35H,10,15-18,22H2,1-9H3,(H,42,43)/t24-,32-,33?,34?,35?,37-,38+,39-,40+/m1/s1. The molecule has 2 fully saturated rings. The Morgan fingerprint density at radius 3 is 2.12 bits per heavy atom. The van der Waals surface area contributed by atoms with Crippen molar-refractivity contribution in [2.45, 2.75) is 123 Å². The highest BCUT2D eigenvalue weighted by Crippen LogP contribution is 2.71. The molecule has 0 spiro atoms. The number of nitrogens with zero attached hydrogens (tertiary/aromatic N) is 1. The summed E-state index contributed by atoms with van der Waals surface area (Å²) in [4.78, 5) is 37.2. The monoisotopic (exact) mass is 672 g/mol. The van der Waals surface area contributed by atoms with E-state index in [1.54, 1.807) is 11.8 Å². The molecule has 1 N–H and O–H groups in total. The minimum atomic E-state index is -0.730. The minimum absolute atomic E-state index is 0.0354. The number of thioether (sulfide) groups is 1. The van der Waals surface area contributed by atoms with E-state index in [1.807, 2.05) is 30.3 Å². The fourth-order valence-corrected chi connectivity index (χ4v) is 10.6. The predicted octanol–water partition coefficient (Wildman–Crippen LogP) is 8.96. The molecule has 7 nitrogen and oxygen atoms in total. The van der Waals surface area contributed by atoms with Gasteiger partial charge in [0.25, 0.3) is 0 Å². The Bertz CT molecular complexity index is 1610. The van der Waals surface area contributed by atoms with Crippen LogP contribution in [0.3, 0.4) is 0 Å². The number of allylic oxidation sites excluding steroid dienone is 2. The summed E-state index contributed by atoms with van der Waals surface area (Å²) in [6.45, 7) is 18.4. The number of nitriles is 1. The van der Waals surface area contributed by atoms with Gasteiger partial charge in [0.2, 0.25) is 5.91 Å². The SMILES string of the molecule is CC[C@]1(C)C2=CC(Sc3ccc(NC(C)=O)cc3)C3=CC(OC(C)=O)C(OC(C)=O)C=C3[C@]2(C)CC[C@@]1(C)[C@@H]1C[C@](C)(C#N)CC[C@H]1C. The second kappa shape index (κ2) is 13.2. The van der Waals surface area contributed by atoms with Crippen molar-refractivity contribution in [3.05, 3.63) is 59.2 Å². The van der Waals surface area contributed by atoms with Crippen molar-refractivity contribution >= 4 is 35.3 Å². The molecule has 0 bridgehead atoms. The summed E-state index contributed by atoms with van der Waals surface area (Å²) in [5.74, 6) is -0.0493. The summed E-state index contributed by atoms with van der Waals surface area (Å²) in [7, 11) is 0. The van der Waals surface area contributed by atoms with Crippen LogP contribution < -0.4 is 5.32 Å². The van der Waals surface area contributed by atoms with Gasteiger partial charge in [-0.1, -0.05) is 46.3 Å². The molecule has 0 aromatic heterocycles. The van der Waals surface area contributed by atoms with Crippen molar-refractivity contribution in [3.8, 4) is 6.07 Å². The van der Waals surface area contributed by atoms with E-state index in [0.29, 0.717) is 11.8 Å². The lowest BCUT2D eigenvalue weighted by Crippen LogP contribution is -2.56. The summed E-state index contributed by atoms with van der Waals surface area (Å²) in [6, 6.07) is 10.6. The van der Waals surface area contributed by atoms with Gasteiger partial charge in [0.15, 0.2) is 12.2 Å². The summed E-state index contributed by atoms with van der Waals surface area (Å²) in [5.41, 5.74) is 3.53. The van der Waals surface area contributed by atoms with E-state index in [9.17, 15) is 19.6 Å². The van der Waals surface area contributed by atoms with Crippen LogP contribution in [0.4, 0.5) is 5.69 Å². The smallest absolute Gasteiger partial charge is 0.303 e. The van der Waals surface area contributed by atoms with Gasteiger partial charge >= 0.3 is 11.9 Å². The zero-order valence-corrected chi connectivity index (χ0v) is 30.9. The van der Waals surface area contributed by atoms with Gasteiger partial charge in [-0.25, -0.2) is 0 Å². The Kier molecular flexibility index (Phi) is 9.89. The molecule has 1 amide bonds. The molecule has 0 heterocycles. The van der Waals surface area contributed by atoms with Gasteiger partial charge in [-0.15, -0.1) is 11.8 Å². The molecule has 2 saturated carbocycles. The Labute approximate surface area is 291 Å². The molecule has 0 radical (unpaired) electrons. The highest BCUT2D eigenvalue weighted by Gasteiger charge is 2.62. The molecule has 4 aliphatic rings. The molecule has 1 aromatic carbocycles. The van der Waals surface area contributed by atoms with Crippen LogP contribution in [0.15, 0.2) is 64.1 Å². The van der Waals surface area contributed by atoms with Gasteiger partial charge < -0.3 is 14.8 Å². The third kappa shape index (κ3) is 6.40. The lowest BCUT2D eigenvalue weighted by molar-refractivity contribution is -0.158. The third-order valence-corrected chi connectivity index (χ3v) is 13.7. The second-order valence-corrected chi connectivity index (χ2v) is 16.8. The summed E-state index contributed by atoms with van der Waals surface area (Å²) in [5, 5.41) is 13.0. The maximum absolute atomic E-state index is 12.3. The Hall–Kier alpha value is -3.31. The highest BCUT2D eigenvalue weighted by atomic mass is 32.2. The third-order valence-electron chi connectivity index (χ3n) is 12.5. The van der Waals surface area contributed by atoms with E-state index in [4.69, 9.17) is 9.47 Å². The molecule has 48 heavy (non-hydrogen) atoms. The van der Waals surface area contributed by atoms with Crippen LogP contribution in [0.1, 0.15) is 101 Å². The van der Waals surface area contributed by atoms with Crippen LogP contribution in [0, 0.1) is 44.8 Å². The summed E-state index contributed by atoms with van der Waals surface area (Å²) >= 11 is 1.73. The number of anilines is 1. The molecule has 0 saturated heterocycles. The first kappa shape index (κ1) is 36.0. The zero-order chi connectivity index (χ0) is 35.2. The van der Waals surface area contributed by atoms with Crippen molar-refractivity contribution in [1.29, 1.82) is 5.26 Å². The molecule has 3 unspecified atom stereocenters. The van der Waals surface area contributed by atoms with Gasteiger partial charge in [0.05, 0.1) is 16.7 Å². The van der Waals surface area contributed by atoms with Gasteiger partial charge in [-0.05, 0) is 116 Å². The number of nitrogens with one attached hydrogen (secondary N) is 1. The number of fused-ring (bicyclic) bond motifs is 3. The van der Waals surface area contributed by atoms with Crippen molar-refractivity contribution in [2.75, 3.05) is 5.32 Å². The average Bonchev–Trinajstić information content (AvgIpc) is 3.02. The van der Waals surface area contributed by atoms with Crippen molar-refractivity contribution in [2.24, 2.45) is 33.5 Å². The van der Waals surface area contributed by atoms with Crippen LogP contribution in [0.25, 0.3) is 0 Å². The minimum Gasteiger partial charge on any atom is -0.454 e. The van der Waals surface area contributed by atoms with E-state index in [1.165, 1.54) is 26.3 Å². The number of hydrogen-bond acceptors (Lipinski definition) is 7. The first-order valence-corrected chi connectivity index (χ1v) is 18.3. The Morgan fingerprint density at radius 2 is 1.56 bits per heavy atom. The number of carbonyl (C=O) groups excluding carboxylic acids is 3. The second-order valence-electron chi connectivity index (χ2n) is 15.6. The van der Waals surface area contributed by atoms with Crippen molar-refractivity contribution < 1.29 is 23.9 Å². The quantitative estimate of drug-likeness (QED) is 0.228. The highest BCUT2D eigenvalue weighted by molar-refractivity contribution is 8.00. The number of ether oxygens (including phenoxy) is 2. The van der Waals surface area contributed by atoms with Gasteiger partial charge in [0.1, 0.15) is 0 Å². The van der Waals surface area contributed by atoms with Gasteiger partial charge in [-0.3, -0.25) is 14.4 Å². The lowest BCUT2D eigenvalue weighted by atomic mass is 9.40. The van der Waals surface area contributed by atoms with Crippen LogP contribution in [-0.4, -0.2) is 35.3 Å². The number of rotatable bonds is 7. The number of carbonyl (C=O) groups is 3. The fraction of sp³-hybridized carbons (Fsp3) is 0.600. The maximum Gasteiger partial charge on any atom is 0.303 e. The van der Waals surface area contributed by atoms with Crippen LogP contribution in [0.5, 0.6) is 0 Å². The predicted molar refractivity (Wildman–Crippen MR) is 190 cm³/mol. The van der Waals surface area contributed by atoms with Gasteiger partial charge in [-0.2, -0.15) is 5.26 Å². The van der Waals surface area contributed by atoms with Crippen molar-refractivity contribution in [1.82, 2.24) is 0 Å². The number of hydrogen-bond donors (Lipinski definition) is 1. The first-order chi connectivity index (χ1) is 22.5. The van der Waals surface area contributed by atoms with E-state index < -0.39 is 24.1 Å². The van der Waals surface area contributed by atoms with E-state index >= 15 is 0 Å². The molecule has 1 aromatic rings. The molecule has 8 heteroatoms. The average molecular weight is 673 g/mol. The van der Waals surface area contributed by atoms with Gasteiger partial charge in [0, 0.05) is 36.8 Å². The van der Waals surface area contributed by atoms with Crippen LogP contribution >= 0.6 is 11.8 Å². The molecule has 258 valence electrons. The zero-order valence-electron chi connectivity index (χ0n) is 30.1. The van der Waals surface area contributed by atoms with Crippen molar-refractivity contribution in [3.63, 3.8) is 0 Å². The topological polar surface area (TPSA) is 105 Å².